The second-order valence-corrected chi connectivity index (χ2v) is 5.41. The Labute approximate surface area is 112 Å². The maximum absolute atomic E-state index is 13.4. The number of hydrogen-bond donors (Lipinski definition) is 1. The van der Waals surface area contributed by atoms with Gasteiger partial charge in [-0.1, -0.05) is 0 Å². The van der Waals surface area contributed by atoms with E-state index in [2.05, 4.69) is 6.20 Å². The van der Waals surface area contributed by atoms with Gasteiger partial charge in [0.1, 0.15) is 5.82 Å². The monoisotopic (exact) mass is 262 g/mol. The van der Waals surface area contributed by atoms with E-state index in [1.165, 1.54) is 11.6 Å². The largest absolute Gasteiger partial charge is 0.381 e. The smallest absolute Gasteiger partial charge is 0.125 e. The molecule has 1 aromatic heterocycles. The topological polar surface area (TPSA) is 40.2 Å². The number of nitrogens with two attached hydrogens (primary N) is 1. The average molecular weight is 262 g/mol. The molecule has 0 unspecified atom stereocenters. The number of ether oxygens (including phenoxy) is 1. The Morgan fingerprint density at radius 2 is 2.11 bits per heavy atom. The SMILES string of the molecule is Cn1cc(C2(CN)CCOCC2)c2ccc(F)cc21. The lowest BCUT2D eigenvalue weighted by Gasteiger charge is -2.36. The Balaban J connectivity index is 2.18. The van der Waals surface area contributed by atoms with Crippen molar-refractivity contribution in [1.29, 1.82) is 0 Å². The fourth-order valence-corrected chi connectivity index (χ4v) is 3.13. The molecule has 3 rings (SSSR count). The first-order valence-electron chi connectivity index (χ1n) is 6.69. The maximum atomic E-state index is 13.4. The first-order valence-corrected chi connectivity index (χ1v) is 6.69. The van der Waals surface area contributed by atoms with Crippen LogP contribution in [0, 0.1) is 5.82 Å². The lowest BCUT2D eigenvalue weighted by molar-refractivity contribution is 0.0534. The van der Waals surface area contributed by atoms with Crippen LogP contribution in [0.4, 0.5) is 4.39 Å². The molecule has 0 radical (unpaired) electrons. The van der Waals surface area contributed by atoms with Crippen molar-refractivity contribution < 1.29 is 9.13 Å². The van der Waals surface area contributed by atoms with Crippen LogP contribution < -0.4 is 5.73 Å². The van der Waals surface area contributed by atoms with E-state index in [1.54, 1.807) is 6.07 Å². The minimum absolute atomic E-state index is 0.0322. The first-order chi connectivity index (χ1) is 9.16. The third-order valence-electron chi connectivity index (χ3n) is 4.36. The van der Waals surface area contributed by atoms with Crippen molar-refractivity contribution in [2.24, 2.45) is 12.8 Å². The molecule has 0 amide bonds. The molecule has 102 valence electrons. The molecule has 2 heterocycles. The van der Waals surface area contributed by atoms with Crippen LogP contribution >= 0.6 is 0 Å². The van der Waals surface area contributed by atoms with Gasteiger partial charge in [-0.05, 0) is 36.6 Å². The Bertz CT molecular complexity index is 599. The predicted octanol–water partition coefficient (Wildman–Crippen LogP) is 2.32. The summed E-state index contributed by atoms with van der Waals surface area (Å²) in [6.45, 7) is 2.09. The summed E-state index contributed by atoms with van der Waals surface area (Å²) in [6.07, 6.45) is 3.96. The molecule has 0 saturated carbocycles. The van der Waals surface area contributed by atoms with E-state index < -0.39 is 0 Å². The Morgan fingerprint density at radius 3 is 2.79 bits per heavy atom. The Morgan fingerprint density at radius 1 is 1.37 bits per heavy atom. The number of nitrogens with zero attached hydrogens (tertiary/aromatic N) is 1. The van der Waals surface area contributed by atoms with Gasteiger partial charge < -0.3 is 15.0 Å². The zero-order chi connectivity index (χ0) is 13.5. The highest BCUT2D eigenvalue weighted by molar-refractivity contribution is 5.85. The fourth-order valence-electron chi connectivity index (χ4n) is 3.13. The molecular formula is C15H19FN2O. The number of aromatic nitrogens is 1. The van der Waals surface area contributed by atoms with Crippen LogP contribution in [0.3, 0.4) is 0 Å². The summed E-state index contributed by atoms with van der Waals surface area (Å²) in [5.74, 6) is -0.200. The van der Waals surface area contributed by atoms with Crippen LogP contribution in [0.5, 0.6) is 0 Å². The van der Waals surface area contributed by atoms with Gasteiger partial charge in [-0.3, -0.25) is 0 Å². The van der Waals surface area contributed by atoms with Gasteiger partial charge >= 0.3 is 0 Å². The molecule has 1 aliphatic heterocycles. The van der Waals surface area contributed by atoms with Crippen LogP contribution in [0.15, 0.2) is 24.4 Å². The van der Waals surface area contributed by atoms with E-state index in [9.17, 15) is 4.39 Å². The standard InChI is InChI=1S/C15H19FN2O/c1-18-9-13(12-3-2-11(16)8-14(12)18)15(10-17)4-6-19-7-5-15/h2-3,8-9H,4-7,10,17H2,1H3. The minimum Gasteiger partial charge on any atom is -0.381 e. The summed E-state index contributed by atoms with van der Waals surface area (Å²) in [7, 11) is 1.95. The molecule has 0 atom stereocenters. The number of aryl methyl sites for hydroxylation is 1. The quantitative estimate of drug-likeness (QED) is 0.902. The molecule has 0 spiro atoms. The minimum atomic E-state index is -0.200. The van der Waals surface area contributed by atoms with Gasteiger partial charge in [-0.25, -0.2) is 4.39 Å². The summed E-state index contributed by atoms with van der Waals surface area (Å²) in [5, 5.41) is 1.11. The lowest BCUT2D eigenvalue weighted by atomic mass is 9.74. The van der Waals surface area contributed by atoms with Gasteiger partial charge in [0.15, 0.2) is 0 Å². The first kappa shape index (κ1) is 12.6. The molecule has 4 heteroatoms. The summed E-state index contributed by atoms with van der Waals surface area (Å²) in [4.78, 5) is 0. The van der Waals surface area contributed by atoms with Crippen LogP contribution in [0.25, 0.3) is 10.9 Å². The molecule has 1 aliphatic rings. The van der Waals surface area contributed by atoms with Crippen LogP contribution in [0.2, 0.25) is 0 Å². The highest BCUT2D eigenvalue weighted by Crippen LogP contribution is 2.38. The van der Waals surface area contributed by atoms with E-state index in [0.29, 0.717) is 6.54 Å². The predicted molar refractivity (Wildman–Crippen MR) is 73.7 cm³/mol. The highest BCUT2D eigenvalue weighted by atomic mass is 19.1. The van der Waals surface area contributed by atoms with Gasteiger partial charge in [0.05, 0.1) is 5.52 Å². The van der Waals surface area contributed by atoms with Crippen molar-refractivity contribution in [2.45, 2.75) is 18.3 Å². The van der Waals surface area contributed by atoms with Gasteiger partial charge in [0, 0.05) is 43.8 Å². The summed E-state index contributed by atoms with van der Waals surface area (Å²) < 4.78 is 20.8. The van der Waals surface area contributed by atoms with E-state index in [4.69, 9.17) is 10.5 Å². The molecule has 2 aromatic rings. The van der Waals surface area contributed by atoms with Gasteiger partial charge in [0.2, 0.25) is 0 Å². The van der Waals surface area contributed by atoms with Crippen LogP contribution in [-0.2, 0) is 17.2 Å². The van der Waals surface area contributed by atoms with E-state index in [1.807, 2.05) is 17.7 Å². The van der Waals surface area contributed by atoms with Crippen molar-refractivity contribution in [3.8, 4) is 0 Å². The van der Waals surface area contributed by atoms with E-state index in [0.717, 1.165) is 37.0 Å². The third kappa shape index (κ3) is 1.95. The average Bonchev–Trinajstić information content (AvgIpc) is 2.77. The zero-order valence-corrected chi connectivity index (χ0v) is 11.2. The van der Waals surface area contributed by atoms with Crippen molar-refractivity contribution in [3.63, 3.8) is 0 Å². The normalized spacial score (nSPS) is 18.9. The maximum Gasteiger partial charge on any atom is 0.125 e. The second kappa shape index (κ2) is 4.62. The Hall–Kier alpha value is -1.39. The number of rotatable bonds is 2. The van der Waals surface area contributed by atoms with E-state index in [-0.39, 0.29) is 11.2 Å². The second-order valence-electron chi connectivity index (χ2n) is 5.41. The molecule has 0 bridgehead atoms. The highest BCUT2D eigenvalue weighted by Gasteiger charge is 2.35. The molecule has 1 fully saturated rings. The lowest BCUT2D eigenvalue weighted by Crippen LogP contribution is -2.40. The van der Waals surface area contributed by atoms with Crippen molar-refractivity contribution >= 4 is 10.9 Å². The Kier molecular flexibility index (Phi) is 3.07. The zero-order valence-electron chi connectivity index (χ0n) is 11.2. The molecule has 2 N–H and O–H groups in total. The number of hydrogen-bond acceptors (Lipinski definition) is 2. The van der Waals surface area contributed by atoms with Gasteiger partial charge in [-0.15, -0.1) is 0 Å². The summed E-state index contributed by atoms with van der Waals surface area (Å²) in [5.41, 5.74) is 8.19. The third-order valence-corrected chi connectivity index (χ3v) is 4.36. The molecular weight excluding hydrogens is 243 g/mol. The van der Waals surface area contributed by atoms with Crippen molar-refractivity contribution in [3.05, 3.63) is 35.8 Å². The molecule has 0 aliphatic carbocycles. The number of fused-ring (bicyclic) bond motifs is 1. The van der Waals surface area contributed by atoms with Crippen molar-refractivity contribution in [2.75, 3.05) is 19.8 Å². The molecule has 1 saturated heterocycles. The molecule has 1 aromatic carbocycles. The van der Waals surface area contributed by atoms with Crippen molar-refractivity contribution in [1.82, 2.24) is 4.57 Å². The van der Waals surface area contributed by atoms with Gasteiger partial charge in [-0.2, -0.15) is 0 Å². The molecule has 19 heavy (non-hydrogen) atoms. The fraction of sp³-hybridized carbons (Fsp3) is 0.467. The summed E-state index contributed by atoms with van der Waals surface area (Å²) >= 11 is 0. The number of benzene rings is 1. The van der Waals surface area contributed by atoms with Crippen LogP contribution in [-0.4, -0.2) is 24.3 Å². The van der Waals surface area contributed by atoms with Gasteiger partial charge in [0.25, 0.3) is 0 Å². The number of halogens is 1. The van der Waals surface area contributed by atoms with E-state index >= 15 is 0 Å². The van der Waals surface area contributed by atoms with Crippen LogP contribution in [0.1, 0.15) is 18.4 Å². The molecule has 3 nitrogen and oxygen atoms in total. The summed E-state index contributed by atoms with van der Waals surface area (Å²) in [6, 6.07) is 4.98.